The molecule has 0 atom stereocenters. The van der Waals surface area contributed by atoms with Gasteiger partial charge in [-0.2, -0.15) is 0 Å². The SMILES string of the molecule is c1ccc(-c2ccc3sc4cc(-c5nc(-c6ccccc6)nc(-c6cccc(-c7cccc(-c8ccc9c%10ccccc%10c%10ccccc%10c9c8)c7)c6)n5)ccc4c3c2)cc1. The Morgan fingerprint density at radius 2 is 0.607 bits per heavy atom. The summed E-state index contributed by atoms with van der Waals surface area (Å²) < 4.78 is 2.47. The number of nitrogens with zero attached hydrogens (tertiary/aromatic N) is 3. The number of thiophene rings is 1. The Morgan fingerprint density at radius 1 is 0.213 bits per heavy atom. The molecule has 12 aromatic rings. The molecule has 0 unspecified atom stereocenters. The molecule has 0 fully saturated rings. The van der Waals surface area contributed by atoms with Crippen molar-refractivity contribution in [3.05, 3.63) is 212 Å². The Labute approximate surface area is 356 Å². The third-order valence-electron chi connectivity index (χ3n) is 11.9. The number of hydrogen-bond acceptors (Lipinski definition) is 4. The molecule has 2 aromatic heterocycles. The molecular formula is C57H35N3S. The van der Waals surface area contributed by atoms with E-state index in [1.807, 2.05) is 18.2 Å². The average Bonchev–Trinajstić information content (AvgIpc) is 3.72. The second-order valence-electron chi connectivity index (χ2n) is 15.6. The summed E-state index contributed by atoms with van der Waals surface area (Å²) >= 11 is 1.80. The first kappa shape index (κ1) is 35.2. The standard InChI is InChI=1S/C57H35N3S/c1-3-13-36(14-4-1)41-27-30-53-52(34-41)50-29-26-44(35-54(50)61-53)57-59-55(37-15-5-2-6-16-37)58-56(60-57)43-20-12-19-40(32-43)38-17-11-18-39(31-38)42-25-28-49-47-23-8-7-21-45(47)46-22-9-10-24-48(46)51(49)33-42/h1-35H. The van der Waals surface area contributed by atoms with Gasteiger partial charge in [-0.05, 0) is 102 Å². The summed E-state index contributed by atoms with van der Waals surface area (Å²) in [7, 11) is 0. The molecule has 0 amide bonds. The molecule has 284 valence electrons. The number of fused-ring (bicyclic) bond motifs is 9. The van der Waals surface area contributed by atoms with Crippen LogP contribution in [0.5, 0.6) is 0 Å². The van der Waals surface area contributed by atoms with Crippen LogP contribution < -0.4 is 0 Å². The molecule has 12 rings (SSSR count). The Hall–Kier alpha value is -7.79. The first-order chi connectivity index (χ1) is 30.2. The van der Waals surface area contributed by atoms with E-state index in [2.05, 4.69) is 194 Å². The van der Waals surface area contributed by atoms with Gasteiger partial charge in [-0.25, -0.2) is 15.0 Å². The van der Waals surface area contributed by atoms with E-state index in [-0.39, 0.29) is 0 Å². The molecule has 61 heavy (non-hydrogen) atoms. The lowest BCUT2D eigenvalue weighted by atomic mass is 9.91. The summed E-state index contributed by atoms with van der Waals surface area (Å²) in [6.45, 7) is 0. The van der Waals surface area contributed by atoms with Gasteiger partial charge in [-0.15, -0.1) is 11.3 Å². The third kappa shape index (κ3) is 6.24. The van der Waals surface area contributed by atoms with Gasteiger partial charge >= 0.3 is 0 Å². The topological polar surface area (TPSA) is 38.7 Å². The highest BCUT2D eigenvalue weighted by Gasteiger charge is 2.16. The van der Waals surface area contributed by atoms with Crippen LogP contribution in [-0.4, -0.2) is 15.0 Å². The lowest BCUT2D eigenvalue weighted by Gasteiger charge is -2.13. The average molecular weight is 794 g/mol. The van der Waals surface area contributed by atoms with Crippen LogP contribution in [0.4, 0.5) is 0 Å². The van der Waals surface area contributed by atoms with Crippen LogP contribution in [0, 0.1) is 0 Å². The van der Waals surface area contributed by atoms with Crippen molar-refractivity contribution in [1.82, 2.24) is 15.0 Å². The summed E-state index contributed by atoms with van der Waals surface area (Å²) in [6, 6.07) is 75.9. The molecule has 0 N–H and O–H groups in total. The molecule has 0 aliphatic rings. The van der Waals surface area contributed by atoms with Gasteiger partial charge in [0.1, 0.15) is 0 Å². The van der Waals surface area contributed by atoms with E-state index in [9.17, 15) is 0 Å². The minimum absolute atomic E-state index is 0.638. The van der Waals surface area contributed by atoms with Gasteiger partial charge in [0.05, 0.1) is 0 Å². The summed E-state index contributed by atoms with van der Waals surface area (Å²) in [4.78, 5) is 15.3. The van der Waals surface area contributed by atoms with Gasteiger partial charge in [0.25, 0.3) is 0 Å². The van der Waals surface area contributed by atoms with Crippen LogP contribution in [0.3, 0.4) is 0 Å². The van der Waals surface area contributed by atoms with Crippen LogP contribution >= 0.6 is 11.3 Å². The van der Waals surface area contributed by atoms with Gasteiger partial charge in [0.15, 0.2) is 17.5 Å². The molecule has 0 spiro atoms. The van der Waals surface area contributed by atoms with Crippen LogP contribution in [-0.2, 0) is 0 Å². The second kappa shape index (κ2) is 14.5. The van der Waals surface area contributed by atoms with E-state index in [0.717, 1.165) is 27.8 Å². The molecule has 0 saturated carbocycles. The van der Waals surface area contributed by atoms with E-state index < -0.39 is 0 Å². The van der Waals surface area contributed by atoms with Crippen molar-refractivity contribution < 1.29 is 0 Å². The smallest absolute Gasteiger partial charge is 0.164 e. The molecular weight excluding hydrogens is 759 g/mol. The quantitative estimate of drug-likeness (QED) is 0.157. The molecule has 0 saturated heterocycles. The zero-order chi connectivity index (χ0) is 40.3. The normalized spacial score (nSPS) is 11.6. The third-order valence-corrected chi connectivity index (χ3v) is 13.0. The molecule has 0 aliphatic carbocycles. The maximum atomic E-state index is 5.17. The van der Waals surface area contributed by atoms with Gasteiger partial charge < -0.3 is 0 Å². The zero-order valence-corrected chi connectivity index (χ0v) is 33.8. The van der Waals surface area contributed by atoms with E-state index in [1.165, 1.54) is 74.7 Å². The fourth-order valence-corrected chi connectivity index (χ4v) is 10.0. The highest BCUT2D eigenvalue weighted by Crippen LogP contribution is 2.40. The Bertz CT molecular complexity index is 3610. The Balaban J connectivity index is 0.934. The number of benzene rings is 10. The minimum Gasteiger partial charge on any atom is -0.208 e. The monoisotopic (exact) mass is 793 g/mol. The van der Waals surface area contributed by atoms with E-state index in [0.29, 0.717) is 17.5 Å². The molecule has 4 heteroatoms. The first-order valence-electron chi connectivity index (χ1n) is 20.6. The predicted octanol–water partition coefficient (Wildman–Crippen LogP) is 15.7. The molecule has 10 aromatic carbocycles. The van der Waals surface area contributed by atoms with Crippen molar-refractivity contribution >= 4 is 63.8 Å². The van der Waals surface area contributed by atoms with E-state index in [1.54, 1.807) is 11.3 Å². The van der Waals surface area contributed by atoms with Gasteiger partial charge in [-0.3, -0.25) is 0 Å². The van der Waals surface area contributed by atoms with Crippen molar-refractivity contribution in [3.63, 3.8) is 0 Å². The van der Waals surface area contributed by atoms with Crippen LogP contribution in [0.1, 0.15) is 0 Å². The van der Waals surface area contributed by atoms with Crippen molar-refractivity contribution in [1.29, 1.82) is 0 Å². The number of rotatable bonds is 6. The van der Waals surface area contributed by atoms with Gasteiger partial charge in [0, 0.05) is 36.9 Å². The van der Waals surface area contributed by atoms with E-state index in [4.69, 9.17) is 15.0 Å². The molecule has 0 radical (unpaired) electrons. The minimum atomic E-state index is 0.638. The highest BCUT2D eigenvalue weighted by molar-refractivity contribution is 7.25. The summed E-state index contributed by atoms with van der Waals surface area (Å²) in [5.41, 5.74) is 9.87. The number of hydrogen-bond donors (Lipinski definition) is 0. The Morgan fingerprint density at radius 3 is 1.25 bits per heavy atom. The van der Waals surface area contributed by atoms with Crippen LogP contribution in [0.2, 0.25) is 0 Å². The lowest BCUT2D eigenvalue weighted by molar-refractivity contribution is 1.07. The molecule has 2 heterocycles. The fraction of sp³-hybridized carbons (Fsp3) is 0. The summed E-state index contributed by atoms with van der Waals surface area (Å²) in [5, 5.41) is 10.2. The molecule has 0 bridgehead atoms. The van der Waals surface area contributed by atoms with Gasteiger partial charge in [-0.1, -0.05) is 176 Å². The lowest BCUT2D eigenvalue weighted by Crippen LogP contribution is -2.00. The zero-order valence-electron chi connectivity index (χ0n) is 33.0. The van der Waals surface area contributed by atoms with Crippen LogP contribution in [0.25, 0.3) is 120 Å². The highest BCUT2D eigenvalue weighted by atomic mass is 32.1. The van der Waals surface area contributed by atoms with Gasteiger partial charge in [0.2, 0.25) is 0 Å². The predicted molar refractivity (Wildman–Crippen MR) is 258 cm³/mol. The van der Waals surface area contributed by atoms with Crippen LogP contribution in [0.15, 0.2) is 212 Å². The first-order valence-corrected chi connectivity index (χ1v) is 21.4. The van der Waals surface area contributed by atoms with Crippen molar-refractivity contribution in [2.24, 2.45) is 0 Å². The summed E-state index contributed by atoms with van der Waals surface area (Å²) in [6.07, 6.45) is 0. The number of aromatic nitrogens is 3. The van der Waals surface area contributed by atoms with Crippen molar-refractivity contribution in [2.75, 3.05) is 0 Å². The van der Waals surface area contributed by atoms with E-state index >= 15 is 0 Å². The maximum Gasteiger partial charge on any atom is 0.164 e. The van der Waals surface area contributed by atoms with Crippen molar-refractivity contribution in [3.8, 4) is 67.5 Å². The summed E-state index contributed by atoms with van der Waals surface area (Å²) in [5.74, 6) is 1.94. The maximum absolute atomic E-state index is 5.17. The largest absolute Gasteiger partial charge is 0.208 e. The molecule has 0 aliphatic heterocycles. The Kier molecular flexibility index (Phi) is 8.36. The molecule has 3 nitrogen and oxygen atoms in total. The van der Waals surface area contributed by atoms with Crippen molar-refractivity contribution in [2.45, 2.75) is 0 Å². The second-order valence-corrected chi connectivity index (χ2v) is 16.7. The fourth-order valence-electron chi connectivity index (χ4n) is 8.88.